The molecule has 148 valence electrons. The Kier molecular flexibility index (Phi) is 7.33. The molecule has 6 heteroatoms. The summed E-state index contributed by atoms with van der Waals surface area (Å²) in [7, 11) is 1.35. The topological polar surface area (TPSA) is 104 Å². The molecule has 2 rings (SSSR count). The van der Waals surface area contributed by atoms with Gasteiger partial charge in [0.15, 0.2) is 0 Å². The summed E-state index contributed by atoms with van der Waals surface area (Å²) in [6.45, 7) is 7.48. The molecule has 0 saturated carbocycles. The largest absolute Gasteiger partial charge is 0.465 e. The summed E-state index contributed by atoms with van der Waals surface area (Å²) in [5.74, 6) is 6.20. The van der Waals surface area contributed by atoms with Crippen LogP contribution in [0.3, 0.4) is 0 Å². The lowest BCUT2D eigenvalue weighted by molar-refractivity contribution is 0.0600. The minimum atomic E-state index is -0.393. The lowest BCUT2D eigenvalue weighted by Crippen LogP contribution is -2.12. The molecule has 0 aliphatic heterocycles. The Morgan fingerprint density at radius 3 is 2.66 bits per heavy atom. The first-order valence-electron chi connectivity index (χ1n) is 9.01. The summed E-state index contributed by atoms with van der Waals surface area (Å²) < 4.78 is 4.81. The van der Waals surface area contributed by atoms with E-state index in [0.717, 1.165) is 11.1 Å². The summed E-state index contributed by atoms with van der Waals surface area (Å²) in [6.07, 6.45) is 3.63. The molecule has 0 aliphatic rings. The van der Waals surface area contributed by atoms with Gasteiger partial charge in [0, 0.05) is 29.2 Å². The van der Waals surface area contributed by atoms with Crippen LogP contribution < -0.4 is 11.5 Å². The fraction of sp³-hybridized carbons (Fsp3) is 0.174. The molecule has 0 unspecified atom stereocenters. The van der Waals surface area contributed by atoms with Crippen LogP contribution in [0, 0.1) is 18.8 Å². The van der Waals surface area contributed by atoms with Crippen molar-refractivity contribution in [2.24, 2.45) is 10.7 Å². The number of aromatic nitrogens is 1. The average Bonchev–Trinajstić information content (AvgIpc) is 2.73. The van der Waals surface area contributed by atoms with Crippen LogP contribution in [0.2, 0.25) is 0 Å². The zero-order valence-corrected chi connectivity index (χ0v) is 16.8. The first-order valence-corrected chi connectivity index (χ1v) is 9.01. The molecule has 0 bridgehead atoms. The number of aliphatic imine (C=N–C) groups is 1. The molecule has 0 fully saturated rings. The number of ether oxygens (including phenoxy) is 1. The van der Waals surface area contributed by atoms with Crippen molar-refractivity contribution in [2.45, 2.75) is 20.3 Å². The lowest BCUT2D eigenvalue weighted by atomic mass is 9.96. The minimum Gasteiger partial charge on any atom is -0.465 e. The number of benzene rings is 1. The molecule has 6 nitrogen and oxygen atoms in total. The Labute approximate surface area is 171 Å². The highest BCUT2D eigenvalue weighted by Crippen LogP contribution is 2.18. The standard InChI is InChI=1S/C23H24N4O2/c1-5-20(24)19(10-7-16-8-12-21(25)27-14-16)22(26-6-2)17-9-11-18(15(3)13-17)23(28)29-4/h6,8-9,11-14H,2,5,24H2,1,3-4H3,(H2,25,27)/b20-19-,26-22?. The van der Waals surface area contributed by atoms with Crippen LogP contribution in [0.4, 0.5) is 5.82 Å². The molecule has 0 spiro atoms. The first-order chi connectivity index (χ1) is 13.9. The SMILES string of the molecule is C=CN=C(/C(C#Cc1ccc(N)nc1)=C(\N)CC)c1ccc(C(=O)OC)c(C)c1. The van der Waals surface area contributed by atoms with Gasteiger partial charge in [-0.05, 0) is 43.2 Å². The average molecular weight is 388 g/mol. The second-order valence-corrected chi connectivity index (χ2v) is 6.16. The van der Waals surface area contributed by atoms with E-state index in [9.17, 15) is 4.79 Å². The van der Waals surface area contributed by atoms with Crippen LogP contribution in [-0.4, -0.2) is 23.8 Å². The zero-order chi connectivity index (χ0) is 21.4. The molecule has 4 N–H and O–H groups in total. The second kappa shape index (κ2) is 9.90. The number of carbonyl (C=O) groups excluding carboxylic acids is 1. The third-order valence-corrected chi connectivity index (χ3v) is 4.18. The van der Waals surface area contributed by atoms with Crippen LogP contribution in [0.25, 0.3) is 0 Å². The van der Waals surface area contributed by atoms with E-state index in [1.807, 2.05) is 19.9 Å². The minimum absolute atomic E-state index is 0.393. The van der Waals surface area contributed by atoms with Crippen LogP contribution >= 0.6 is 0 Å². The van der Waals surface area contributed by atoms with Crippen molar-refractivity contribution in [3.63, 3.8) is 0 Å². The van der Waals surface area contributed by atoms with Gasteiger partial charge in [0.1, 0.15) is 5.82 Å². The van der Waals surface area contributed by atoms with Crippen molar-refractivity contribution in [2.75, 3.05) is 12.8 Å². The summed E-state index contributed by atoms with van der Waals surface area (Å²) in [5, 5.41) is 0. The van der Waals surface area contributed by atoms with E-state index in [0.29, 0.717) is 40.3 Å². The lowest BCUT2D eigenvalue weighted by Gasteiger charge is -2.11. The number of anilines is 1. The van der Waals surface area contributed by atoms with Gasteiger partial charge in [-0.3, -0.25) is 4.99 Å². The molecular weight excluding hydrogens is 364 g/mol. The van der Waals surface area contributed by atoms with Gasteiger partial charge in [0.25, 0.3) is 0 Å². The van der Waals surface area contributed by atoms with E-state index in [4.69, 9.17) is 16.2 Å². The number of nitrogens with two attached hydrogens (primary N) is 2. The smallest absolute Gasteiger partial charge is 0.338 e. The third-order valence-electron chi connectivity index (χ3n) is 4.18. The highest BCUT2D eigenvalue weighted by Gasteiger charge is 2.15. The van der Waals surface area contributed by atoms with Crippen molar-refractivity contribution < 1.29 is 9.53 Å². The van der Waals surface area contributed by atoms with E-state index in [1.54, 1.807) is 30.5 Å². The molecule has 0 atom stereocenters. The number of pyridine rings is 1. The quantitative estimate of drug-likeness (QED) is 0.464. The number of rotatable bonds is 5. The summed E-state index contributed by atoms with van der Waals surface area (Å²) in [4.78, 5) is 20.3. The van der Waals surface area contributed by atoms with Crippen LogP contribution in [0.5, 0.6) is 0 Å². The molecule has 0 radical (unpaired) electrons. The van der Waals surface area contributed by atoms with Crippen molar-refractivity contribution >= 4 is 17.5 Å². The number of nitrogen functional groups attached to an aromatic ring is 1. The van der Waals surface area contributed by atoms with Crippen molar-refractivity contribution in [1.82, 2.24) is 4.98 Å². The Morgan fingerprint density at radius 1 is 1.34 bits per heavy atom. The maximum Gasteiger partial charge on any atom is 0.338 e. The van der Waals surface area contributed by atoms with Gasteiger partial charge < -0.3 is 16.2 Å². The number of carbonyl (C=O) groups is 1. The van der Waals surface area contributed by atoms with Crippen molar-refractivity contribution in [1.29, 1.82) is 0 Å². The van der Waals surface area contributed by atoms with E-state index >= 15 is 0 Å². The fourth-order valence-electron chi connectivity index (χ4n) is 2.61. The molecule has 1 heterocycles. The number of allylic oxidation sites excluding steroid dienone is 2. The molecule has 0 saturated heterocycles. The Bertz CT molecular complexity index is 1040. The molecule has 29 heavy (non-hydrogen) atoms. The highest BCUT2D eigenvalue weighted by atomic mass is 16.5. The Balaban J connectivity index is 2.57. The number of esters is 1. The number of methoxy groups -OCH3 is 1. The summed E-state index contributed by atoms with van der Waals surface area (Å²) in [6, 6.07) is 8.81. The zero-order valence-electron chi connectivity index (χ0n) is 16.8. The normalized spacial score (nSPS) is 11.8. The summed E-state index contributed by atoms with van der Waals surface area (Å²) in [5.41, 5.74) is 16.4. The Hall–Kier alpha value is -3.85. The van der Waals surface area contributed by atoms with Crippen molar-refractivity contribution in [3.05, 3.63) is 82.8 Å². The Morgan fingerprint density at radius 2 is 2.10 bits per heavy atom. The van der Waals surface area contributed by atoms with E-state index in [-0.39, 0.29) is 0 Å². The monoisotopic (exact) mass is 388 g/mol. The second-order valence-electron chi connectivity index (χ2n) is 6.16. The number of hydrogen-bond donors (Lipinski definition) is 2. The molecule has 0 amide bonds. The number of aryl methyl sites for hydroxylation is 1. The van der Waals surface area contributed by atoms with Gasteiger partial charge in [0.2, 0.25) is 0 Å². The van der Waals surface area contributed by atoms with Crippen molar-refractivity contribution in [3.8, 4) is 11.8 Å². The van der Waals surface area contributed by atoms with E-state index in [1.165, 1.54) is 13.3 Å². The molecule has 0 aliphatic carbocycles. The maximum absolute atomic E-state index is 11.9. The fourth-order valence-corrected chi connectivity index (χ4v) is 2.61. The predicted octanol–water partition coefficient (Wildman–Crippen LogP) is 3.37. The van der Waals surface area contributed by atoms with Gasteiger partial charge in [0.05, 0.1) is 24.0 Å². The maximum atomic E-state index is 11.9. The van der Waals surface area contributed by atoms with Crippen LogP contribution in [0.1, 0.15) is 40.4 Å². The molecule has 1 aromatic carbocycles. The third kappa shape index (κ3) is 5.33. The number of hydrogen-bond acceptors (Lipinski definition) is 6. The molecular formula is C23H24N4O2. The van der Waals surface area contributed by atoms with Gasteiger partial charge in [-0.1, -0.05) is 31.4 Å². The van der Waals surface area contributed by atoms with E-state index < -0.39 is 5.97 Å². The highest BCUT2D eigenvalue weighted by molar-refractivity contribution is 6.16. The molecule has 1 aromatic heterocycles. The van der Waals surface area contributed by atoms with Crippen LogP contribution in [-0.2, 0) is 4.74 Å². The first kappa shape index (κ1) is 21.5. The van der Waals surface area contributed by atoms with Gasteiger partial charge >= 0.3 is 5.97 Å². The number of nitrogens with zero attached hydrogens (tertiary/aromatic N) is 2. The molecule has 2 aromatic rings. The van der Waals surface area contributed by atoms with E-state index in [2.05, 4.69) is 28.4 Å². The van der Waals surface area contributed by atoms with Gasteiger partial charge in [-0.2, -0.15) is 0 Å². The van der Waals surface area contributed by atoms with Crippen LogP contribution in [0.15, 0.2) is 65.6 Å². The van der Waals surface area contributed by atoms with Gasteiger partial charge in [-0.15, -0.1) is 0 Å². The van der Waals surface area contributed by atoms with Gasteiger partial charge in [-0.25, -0.2) is 9.78 Å². The summed E-state index contributed by atoms with van der Waals surface area (Å²) >= 11 is 0. The predicted molar refractivity (Wildman–Crippen MR) is 116 cm³/mol.